The van der Waals surface area contributed by atoms with Crippen molar-refractivity contribution in [1.29, 1.82) is 0 Å². The molecule has 0 unspecified atom stereocenters. The zero-order valence-corrected chi connectivity index (χ0v) is 13.0. The van der Waals surface area contributed by atoms with Crippen molar-refractivity contribution in [3.63, 3.8) is 0 Å². The van der Waals surface area contributed by atoms with Crippen LogP contribution >= 0.6 is 15.9 Å². The maximum atomic E-state index is 13.5. The molecule has 0 spiro atoms. The fourth-order valence-electron chi connectivity index (χ4n) is 1.61. The van der Waals surface area contributed by atoms with Gasteiger partial charge in [0.2, 0.25) is 0 Å². The van der Waals surface area contributed by atoms with Crippen molar-refractivity contribution in [2.45, 2.75) is 26.7 Å². The summed E-state index contributed by atoms with van der Waals surface area (Å²) in [6.07, 6.45) is 1.58. The zero-order chi connectivity index (χ0) is 15.1. The molecule has 0 saturated heterocycles. The number of halogens is 2. The topological polar surface area (TPSA) is 55.4 Å². The first kappa shape index (κ1) is 16.6. The van der Waals surface area contributed by atoms with Crippen molar-refractivity contribution < 1.29 is 18.7 Å². The maximum absolute atomic E-state index is 13.5. The molecule has 20 heavy (non-hydrogen) atoms. The first-order valence-corrected chi connectivity index (χ1v) is 7.14. The smallest absolute Gasteiger partial charge is 0.309 e. The van der Waals surface area contributed by atoms with Gasteiger partial charge in [-0.2, -0.15) is 0 Å². The van der Waals surface area contributed by atoms with Crippen LogP contribution in [0.1, 0.15) is 26.7 Å². The normalized spacial score (nSPS) is 11.8. The van der Waals surface area contributed by atoms with Crippen molar-refractivity contribution in [1.82, 2.24) is 0 Å². The predicted molar refractivity (Wildman–Crippen MR) is 77.8 cm³/mol. The number of hydrogen-bond acceptors (Lipinski definition) is 3. The highest BCUT2D eigenvalue weighted by atomic mass is 79.9. The van der Waals surface area contributed by atoms with Crippen molar-refractivity contribution in [3.8, 4) is 0 Å². The van der Waals surface area contributed by atoms with E-state index in [1.807, 2.05) is 6.92 Å². The lowest BCUT2D eigenvalue weighted by Crippen LogP contribution is -2.24. The molecular formula is C14H17BrFNO3. The largest absolute Gasteiger partial charge is 0.455 e. The Kier molecular flexibility index (Phi) is 6.64. The number of nitrogens with one attached hydrogen (secondary N) is 1. The van der Waals surface area contributed by atoms with E-state index in [0.717, 1.165) is 6.42 Å². The van der Waals surface area contributed by atoms with Gasteiger partial charge >= 0.3 is 5.97 Å². The highest BCUT2D eigenvalue weighted by Crippen LogP contribution is 2.19. The van der Waals surface area contributed by atoms with E-state index in [1.165, 1.54) is 12.1 Å². The zero-order valence-electron chi connectivity index (χ0n) is 11.4. The first-order valence-electron chi connectivity index (χ1n) is 6.35. The van der Waals surface area contributed by atoms with Gasteiger partial charge in [0.05, 0.1) is 11.6 Å². The van der Waals surface area contributed by atoms with Crippen LogP contribution in [-0.4, -0.2) is 18.5 Å². The van der Waals surface area contributed by atoms with Crippen LogP contribution in [0.2, 0.25) is 0 Å². The van der Waals surface area contributed by atoms with Crippen LogP contribution in [0.5, 0.6) is 0 Å². The van der Waals surface area contributed by atoms with E-state index in [1.54, 1.807) is 13.0 Å². The number of benzene rings is 1. The quantitative estimate of drug-likeness (QED) is 0.802. The van der Waals surface area contributed by atoms with E-state index in [9.17, 15) is 14.0 Å². The molecule has 0 saturated carbocycles. The van der Waals surface area contributed by atoms with Gasteiger partial charge < -0.3 is 10.1 Å². The molecule has 0 aliphatic rings. The van der Waals surface area contributed by atoms with Gasteiger partial charge in [-0.05, 0) is 24.6 Å². The van der Waals surface area contributed by atoms with Gasteiger partial charge in [-0.3, -0.25) is 9.59 Å². The van der Waals surface area contributed by atoms with Gasteiger partial charge in [0.15, 0.2) is 6.61 Å². The van der Waals surface area contributed by atoms with Crippen LogP contribution < -0.4 is 5.32 Å². The second kappa shape index (κ2) is 7.99. The van der Waals surface area contributed by atoms with E-state index >= 15 is 0 Å². The summed E-state index contributed by atoms with van der Waals surface area (Å²) in [6.45, 7) is 3.30. The van der Waals surface area contributed by atoms with Crippen LogP contribution in [0.4, 0.5) is 10.1 Å². The fourth-order valence-corrected chi connectivity index (χ4v) is 1.94. The average Bonchev–Trinajstić information content (AvgIpc) is 2.39. The van der Waals surface area contributed by atoms with Crippen molar-refractivity contribution in [3.05, 3.63) is 28.5 Å². The molecular weight excluding hydrogens is 329 g/mol. The molecule has 4 nitrogen and oxygen atoms in total. The lowest BCUT2D eigenvalue weighted by atomic mass is 10.1. The van der Waals surface area contributed by atoms with Gasteiger partial charge in [0.1, 0.15) is 5.82 Å². The highest BCUT2D eigenvalue weighted by molar-refractivity contribution is 9.10. The molecule has 0 aliphatic heterocycles. The minimum Gasteiger partial charge on any atom is -0.455 e. The van der Waals surface area contributed by atoms with Gasteiger partial charge in [-0.25, -0.2) is 4.39 Å². The Morgan fingerprint density at radius 3 is 2.75 bits per heavy atom. The molecule has 1 rings (SSSR count). The number of rotatable bonds is 6. The summed E-state index contributed by atoms with van der Waals surface area (Å²) in [6, 6.07) is 4.28. The van der Waals surface area contributed by atoms with E-state index < -0.39 is 24.3 Å². The Morgan fingerprint density at radius 1 is 1.45 bits per heavy atom. The third-order valence-electron chi connectivity index (χ3n) is 2.67. The van der Waals surface area contributed by atoms with E-state index in [2.05, 4.69) is 21.2 Å². The van der Waals surface area contributed by atoms with Crippen LogP contribution in [0.3, 0.4) is 0 Å². The number of ether oxygens (including phenoxy) is 1. The van der Waals surface area contributed by atoms with Crippen LogP contribution in [-0.2, 0) is 14.3 Å². The lowest BCUT2D eigenvalue weighted by Gasteiger charge is -2.11. The first-order chi connectivity index (χ1) is 9.43. The molecule has 0 aromatic heterocycles. The molecule has 0 radical (unpaired) electrons. The van der Waals surface area contributed by atoms with Crippen molar-refractivity contribution in [2.75, 3.05) is 11.9 Å². The fraction of sp³-hybridized carbons (Fsp3) is 0.429. The van der Waals surface area contributed by atoms with E-state index in [4.69, 9.17) is 4.74 Å². The van der Waals surface area contributed by atoms with Crippen LogP contribution in [0, 0.1) is 11.7 Å². The standard InChI is InChI=1S/C14H17BrFNO3/c1-3-4-9(2)14(19)20-8-13(18)17-12-6-5-10(15)7-11(12)16/h5-7,9H,3-4,8H2,1-2H3,(H,17,18)/t9-/m1/s1. The number of hydrogen-bond donors (Lipinski definition) is 1. The molecule has 0 bridgehead atoms. The van der Waals surface area contributed by atoms with Crippen molar-refractivity contribution in [2.24, 2.45) is 5.92 Å². The molecule has 1 N–H and O–H groups in total. The molecule has 0 fully saturated rings. The Morgan fingerprint density at radius 2 is 2.15 bits per heavy atom. The summed E-state index contributed by atoms with van der Waals surface area (Å²) in [5, 5.41) is 2.35. The van der Waals surface area contributed by atoms with Gasteiger partial charge in [-0.1, -0.05) is 36.2 Å². The molecule has 6 heteroatoms. The summed E-state index contributed by atoms with van der Waals surface area (Å²) in [4.78, 5) is 23.1. The maximum Gasteiger partial charge on any atom is 0.309 e. The molecule has 0 heterocycles. The monoisotopic (exact) mass is 345 g/mol. The summed E-state index contributed by atoms with van der Waals surface area (Å²) in [5.74, 6) is -1.78. The minimum atomic E-state index is -0.566. The second-order valence-electron chi connectivity index (χ2n) is 4.47. The third-order valence-corrected chi connectivity index (χ3v) is 3.17. The van der Waals surface area contributed by atoms with Crippen LogP contribution in [0.25, 0.3) is 0 Å². The number of esters is 1. The van der Waals surface area contributed by atoms with Gasteiger partial charge in [0.25, 0.3) is 5.91 Å². The number of carbonyl (C=O) groups excluding carboxylic acids is 2. The molecule has 1 amide bonds. The lowest BCUT2D eigenvalue weighted by molar-refractivity contribution is -0.151. The van der Waals surface area contributed by atoms with E-state index in [-0.39, 0.29) is 11.6 Å². The molecule has 1 aromatic rings. The van der Waals surface area contributed by atoms with Gasteiger partial charge in [-0.15, -0.1) is 0 Å². The Labute approximate surface area is 125 Å². The number of carbonyl (C=O) groups is 2. The Hall–Kier alpha value is -1.43. The second-order valence-corrected chi connectivity index (χ2v) is 5.39. The minimum absolute atomic E-state index is 0.0517. The number of amides is 1. The predicted octanol–water partition coefficient (Wildman–Crippen LogP) is 3.51. The molecule has 110 valence electrons. The van der Waals surface area contributed by atoms with Gasteiger partial charge in [0, 0.05) is 4.47 Å². The summed E-state index contributed by atoms with van der Waals surface area (Å²) >= 11 is 3.12. The third kappa shape index (κ3) is 5.28. The molecule has 0 aliphatic carbocycles. The molecule has 1 atom stereocenters. The average molecular weight is 346 g/mol. The van der Waals surface area contributed by atoms with Crippen molar-refractivity contribution >= 4 is 33.5 Å². The summed E-state index contributed by atoms with van der Waals surface area (Å²) in [7, 11) is 0. The summed E-state index contributed by atoms with van der Waals surface area (Å²) in [5.41, 5.74) is 0.0517. The highest BCUT2D eigenvalue weighted by Gasteiger charge is 2.15. The summed E-state index contributed by atoms with van der Waals surface area (Å²) < 4.78 is 18.9. The van der Waals surface area contributed by atoms with Crippen LogP contribution in [0.15, 0.2) is 22.7 Å². The van der Waals surface area contributed by atoms with E-state index in [0.29, 0.717) is 10.9 Å². The Bertz CT molecular complexity index is 493. The number of anilines is 1. The Balaban J connectivity index is 2.46. The SMILES string of the molecule is CCC[C@@H](C)C(=O)OCC(=O)Nc1ccc(Br)cc1F. The molecule has 1 aromatic carbocycles.